The van der Waals surface area contributed by atoms with Crippen molar-refractivity contribution in [2.75, 3.05) is 32.8 Å². The summed E-state index contributed by atoms with van der Waals surface area (Å²) >= 11 is 0. The van der Waals surface area contributed by atoms with E-state index in [1.54, 1.807) is 0 Å². The average molecular weight is 357 g/mol. The van der Waals surface area contributed by atoms with Crippen molar-refractivity contribution in [2.45, 2.75) is 51.6 Å². The Morgan fingerprint density at radius 3 is 2.88 bits per heavy atom. The lowest BCUT2D eigenvalue weighted by atomic mass is 9.86. The third-order valence-electron chi connectivity index (χ3n) is 6.16. The number of imidazole rings is 1. The molecule has 2 aliphatic rings. The number of hydrogen-bond acceptors (Lipinski definition) is 4. The molecule has 0 aromatic carbocycles. The minimum Gasteiger partial charge on any atom is -0.379 e. The number of nitrogens with one attached hydrogen (secondary N) is 1. The van der Waals surface area contributed by atoms with E-state index in [-0.39, 0.29) is 0 Å². The van der Waals surface area contributed by atoms with Crippen molar-refractivity contribution in [1.29, 1.82) is 0 Å². The lowest BCUT2D eigenvalue weighted by molar-refractivity contribution is 0.0432. The minimum atomic E-state index is 0.536. The summed E-state index contributed by atoms with van der Waals surface area (Å²) in [5.74, 6) is 2.41. The number of ether oxygens (including phenoxy) is 1. The topological polar surface area (TPSA) is 41.8 Å². The first kappa shape index (κ1) is 18.0. The van der Waals surface area contributed by atoms with Crippen molar-refractivity contribution in [1.82, 2.24) is 19.6 Å². The molecule has 4 heterocycles. The first-order valence-electron chi connectivity index (χ1n) is 10.1. The maximum atomic E-state index is 5.61. The summed E-state index contributed by atoms with van der Waals surface area (Å²) in [4.78, 5) is 7.10. The highest BCUT2D eigenvalue weighted by Crippen LogP contribution is 2.32. The average Bonchev–Trinajstić information content (AvgIpc) is 2.98. The Morgan fingerprint density at radius 2 is 2.15 bits per heavy atom. The largest absolute Gasteiger partial charge is 0.379 e. The second-order valence-electron chi connectivity index (χ2n) is 8.33. The van der Waals surface area contributed by atoms with Crippen LogP contribution in [0.15, 0.2) is 24.5 Å². The Bertz CT molecular complexity index is 729. The van der Waals surface area contributed by atoms with Crippen LogP contribution in [-0.2, 0) is 4.74 Å². The van der Waals surface area contributed by atoms with E-state index in [1.165, 1.54) is 37.0 Å². The molecule has 0 amide bonds. The van der Waals surface area contributed by atoms with Gasteiger partial charge in [0.1, 0.15) is 5.82 Å². The fraction of sp³-hybridized carbons (Fsp3) is 0.667. The van der Waals surface area contributed by atoms with Crippen molar-refractivity contribution in [3.63, 3.8) is 0 Å². The normalized spacial score (nSPS) is 23.5. The van der Waals surface area contributed by atoms with Gasteiger partial charge in [-0.05, 0) is 37.3 Å². The van der Waals surface area contributed by atoms with Crippen LogP contribution in [-0.4, -0.2) is 59.2 Å². The summed E-state index contributed by atoms with van der Waals surface area (Å²) in [5.41, 5.74) is 2.63. The first-order chi connectivity index (χ1) is 12.6. The number of likely N-dealkylation sites (tertiary alicyclic amines) is 1. The molecule has 5 heteroatoms. The van der Waals surface area contributed by atoms with Crippen molar-refractivity contribution in [3.8, 4) is 0 Å². The van der Waals surface area contributed by atoms with Crippen LogP contribution in [0.4, 0.5) is 0 Å². The summed E-state index contributed by atoms with van der Waals surface area (Å²) in [6, 6.07) is 5.70. The van der Waals surface area contributed by atoms with Gasteiger partial charge in [-0.3, -0.25) is 4.90 Å². The third kappa shape index (κ3) is 3.66. The predicted octanol–water partition coefficient (Wildman–Crippen LogP) is 2.84. The molecule has 26 heavy (non-hydrogen) atoms. The van der Waals surface area contributed by atoms with Crippen LogP contribution in [0.3, 0.4) is 0 Å². The molecule has 0 spiro atoms. The molecule has 0 saturated carbocycles. The standard InChI is InChI=1S/C21H32N4O/c1-15(2)21(7-5-19-14-26-9-8-22-19)24-11-18(12-24)17-4-6-20-10-23-16(3)25(20)13-17/h4,6,10,13,15,18-19,21-22H,5,7-9,11-12,14H2,1-3H3/t19-,21+/m1/s1. The van der Waals surface area contributed by atoms with Crippen LogP contribution < -0.4 is 5.32 Å². The van der Waals surface area contributed by atoms with Crippen molar-refractivity contribution < 1.29 is 4.74 Å². The zero-order chi connectivity index (χ0) is 18.1. The molecule has 2 fully saturated rings. The monoisotopic (exact) mass is 356 g/mol. The molecular weight excluding hydrogens is 324 g/mol. The van der Waals surface area contributed by atoms with Gasteiger partial charge in [0.05, 0.1) is 24.9 Å². The van der Waals surface area contributed by atoms with E-state index in [0.29, 0.717) is 23.9 Å². The van der Waals surface area contributed by atoms with E-state index in [2.05, 4.69) is 58.7 Å². The second kappa shape index (κ2) is 7.67. The molecule has 1 N–H and O–H groups in total. The van der Waals surface area contributed by atoms with Gasteiger partial charge in [-0.2, -0.15) is 0 Å². The first-order valence-corrected chi connectivity index (χ1v) is 10.1. The SMILES string of the molecule is Cc1ncc2ccc(C3CN([C@@H](CC[C@@H]4COCCN4)C(C)C)C3)cn12. The second-order valence-corrected chi connectivity index (χ2v) is 8.33. The predicted molar refractivity (Wildman–Crippen MR) is 105 cm³/mol. The molecule has 2 atom stereocenters. The maximum Gasteiger partial charge on any atom is 0.110 e. The zero-order valence-corrected chi connectivity index (χ0v) is 16.3. The maximum absolute atomic E-state index is 5.61. The molecule has 2 aromatic heterocycles. The molecule has 2 aliphatic heterocycles. The number of morpholine rings is 1. The Balaban J connectivity index is 1.35. The molecule has 2 saturated heterocycles. The Labute approximate surface area is 156 Å². The highest BCUT2D eigenvalue weighted by Gasteiger charge is 2.35. The number of pyridine rings is 1. The minimum absolute atomic E-state index is 0.536. The summed E-state index contributed by atoms with van der Waals surface area (Å²) in [5, 5.41) is 3.59. The molecule has 0 bridgehead atoms. The van der Waals surface area contributed by atoms with Gasteiger partial charge in [-0.15, -0.1) is 0 Å². The van der Waals surface area contributed by atoms with Gasteiger partial charge in [0, 0.05) is 43.8 Å². The van der Waals surface area contributed by atoms with E-state index in [9.17, 15) is 0 Å². The highest BCUT2D eigenvalue weighted by atomic mass is 16.5. The highest BCUT2D eigenvalue weighted by molar-refractivity contribution is 5.47. The molecule has 4 rings (SSSR count). The summed E-state index contributed by atoms with van der Waals surface area (Å²) in [7, 11) is 0. The van der Waals surface area contributed by atoms with Crippen molar-refractivity contribution in [3.05, 3.63) is 35.9 Å². The van der Waals surface area contributed by atoms with Crippen LogP contribution in [0, 0.1) is 12.8 Å². The zero-order valence-electron chi connectivity index (χ0n) is 16.3. The summed E-state index contributed by atoms with van der Waals surface area (Å²) < 4.78 is 7.82. The Hall–Kier alpha value is -1.43. The molecule has 0 aliphatic carbocycles. The number of aryl methyl sites for hydroxylation is 1. The van der Waals surface area contributed by atoms with Gasteiger partial charge in [0.2, 0.25) is 0 Å². The van der Waals surface area contributed by atoms with Crippen LogP contribution >= 0.6 is 0 Å². The van der Waals surface area contributed by atoms with Gasteiger partial charge in [0.15, 0.2) is 0 Å². The number of fused-ring (bicyclic) bond motifs is 1. The van der Waals surface area contributed by atoms with E-state index in [4.69, 9.17) is 4.74 Å². The van der Waals surface area contributed by atoms with Gasteiger partial charge in [-0.25, -0.2) is 4.98 Å². The molecule has 0 unspecified atom stereocenters. The van der Waals surface area contributed by atoms with Gasteiger partial charge in [-0.1, -0.05) is 19.9 Å². The van der Waals surface area contributed by atoms with Crippen molar-refractivity contribution in [2.24, 2.45) is 5.92 Å². The van der Waals surface area contributed by atoms with Crippen LogP contribution in [0.2, 0.25) is 0 Å². The number of hydrogen-bond donors (Lipinski definition) is 1. The lowest BCUT2D eigenvalue weighted by Gasteiger charge is -2.46. The molecule has 2 aromatic rings. The quantitative estimate of drug-likeness (QED) is 0.864. The number of rotatable bonds is 6. The fourth-order valence-corrected chi connectivity index (χ4v) is 4.49. The van der Waals surface area contributed by atoms with Crippen LogP contribution in [0.25, 0.3) is 5.52 Å². The van der Waals surface area contributed by atoms with E-state index in [1.807, 2.05) is 6.20 Å². The van der Waals surface area contributed by atoms with Crippen LogP contribution in [0.5, 0.6) is 0 Å². The van der Waals surface area contributed by atoms with Gasteiger partial charge < -0.3 is 14.5 Å². The smallest absolute Gasteiger partial charge is 0.110 e. The number of aromatic nitrogens is 2. The van der Waals surface area contributed by atoms with Gasteiger partial charge in [0.25, 0.3) is 0 Å². The number of nitrogens with zero attached hydrogens (tertiary/aromatic N) is 3. The Kier molecular flexibility index (Phi) is 5.30. The van der Waals surface area contributed by atoms with E-state index in [0.717, 1.165) is 25.6 Å². The van der Waals surface area contributed by atoms with E-state index < -0.39 is 0 Å². The summed E-state index contributed by atoms with van der Waals surface area (Å²) in [6.45, 7) is 11.9. The lowest BCUT2D eigenvalue weighted by Crippen LogP contribution is -2.53. The van der Waals surface area contributed by atoms with Gasteiger partial charge >= 0.3 is 0 Å². The third-order valence-corrected chi connectivity index (χ3v) is 6.16. The van der Waals surface area contributed by atoms with E-state index >= 15 is 0 Å². The van der Waals surface area contributed by atoms with Crippen molar-refractivity contribution >= 4 is 5.52 Å². The molecule has 0 radical (unpaired) electrons. The fourth-order valence-electron chi connectivity index (χ4n) is 4.49. The summed E-state index contributed by atoms with van der Waals surface area (Å²) in [6.07, 6.45) is 6.70. The molecular formula is C21H32N4O. The van der Waals surface area contributed by atoms with Crippen LogP contribution in [0.1, 0.15) is 44.0 Å². The molecule has 5 nitrogen and oxygen atoms in total. The molecule has 142 valence electrons. The Morgan fingerprint density at radius 1 is 1.31 bits per heavy atom.